The fourth-order valence-corrected chi connectivity index (χ4v) is 2.74. The molecule has 0 saturated carbocycles. The lowest BCUT2D eigenvalue weighted by atomic mass is 10.2. The minimum atomic E-state index is -0.793. The van der Waals surface area contributed by atoms with E-state index in [9.17, 15) is 24.8 Å². The van der Waals surface area contributed by atoms with Gasteiger partial charge >= 0.3 is 5.69 Å². The van der Waals surface area contributed by atoms with Gasteiger partial charge in [0.05, 0.1) is 16.8 Å². The van der Waals surface area contributed by atoms with Crippen molar-refractivity contribution in [3.8, 4) is 11.5 Å². The molecule has 2 aromatic rings. The normalized spacial score (nSPS) is 13.2. The number of phenols is 1. The van der Waals surface area contributed by atoms with Crippen LogP contribution in [0.3, 0.4) is 0 Å². The van der Waals surface area contributed by atoms with Crippen LogP contribution in [0.1, 0.15) is 5.56 Å². The van der Waals surface area contributed by atoms with Crippen LogP contribution in [0.2, 0.25) is 5.02 Å². The summed E-state index contributed by atoms with van der Waals surface area (Å²) in [7, 11) is 0. The quantitative estimate of drug-likeness (QED) is 0.443. The molecule has 1 aliphatic heterocycles. The van der Waals surface area contributed by atoms with E-state index in [1.54, 1.807) is 24.3 Å². The maximum atomic E-state index is 12.1. The first-order chi connectivity index (χ1) is 13.4. The third-order valence-corrected chi connectivity index (χ3v) is 4.00. The van der Waals surface area contributed by atoms with Crippen molar-refractivity contribution in [2.24, 2.45) is 5.10 Å². The molecule has 0 aliphatic carbocycles. The largest absolute Gasteiger partial charge is 0.502 e. The Morgan fingerprint density at radius 3 is 2.93 bits per heavy atom. The van der Waals surface area contributed by atoms with E-state index in [1.807, 2.05) is 0 Å². The van der Waals surface area contributed by atoms with E-state index in [0.717, 1.165) is 12.3 Å². The van der Waals surface area contributed by atoms with E-state index in [-0.39, 0.29) is 29.6 Å². The van der Waals surface area contributed by atoms with Gasteiger partial charge in [0.15, 0.2) is 6.61 Å². The number of nitro groups is 1. The van der Waals surface area contributed by atoms with E-state index in [0.29, 0.717) is 11.4 Å². The second-order valence-electron chi connectivity index (χ2n) is 5.65. The Balaban J connectivity index is 1.70. The lowest BCUT2D eigenvalue weighted by molar-refractivity contribution is -0.385. The number of phenolic OH excluding ortho intramolecular Hbond substituents is 1. The van der Waals surface area contributed by atoms with Crippen LogP contribution in [-0.2, 0) is 9.59 Å². The molecule has 0 spiro atoms. The highest BCUT2D eigenvalue weighted by atomic mass is 35.5. The van der Waals surface area contributed by atoms with Gasteiger partial charge in [0, 0.05) is 16.7 Å². The number of rotatable bonds is 5. The van der Waals surface area contributed by atoms with Crippen LogP contribution in [0.25, 0.3) is 0 Å². The molecule has 1 heterocycles. The molecule has 0 saturated heterocycles. The molecule has 0 atom stereocenters. The van der Waals surface area contributed by atoms with E-state index in [2.05, 4.69) is 10.5 Å². The van der Waals surface area contributed by atoms with Crippen molar-refractivity contribution in [2.45, 2.75) is 0 Å². The van der Waals surface area contributed by atoms with Crippen LogP contribution in [0.4, 0.5) is 11.4 Å². The fourth-order valence-electron chi connectivity index (χ4n) is 2.52. The number of hydrogen-bond donors (Lipinski definition) is 2. The molecule has 1 aliphatic rings. The van der Waals surface area contributed by atoms with Crippen LogP contribution in [0, 0.1) is 10.1 Å². The SMILES string of the molecule is O=C(CN1C(=O)COc2ccccc21)N/N=C\c1cc(Cl)cc([N+](=O)[O-])c1O. The Kier molecular flexibility index (Phi) is 5.41. The summed E-state index contributed by atoms with van der Waals surface area (Å²) in [5, 5.41) is 24.4. The standard InChI is InChI=1S/C17H13ClN4O6/c18-11-5-10(17(25)13(6-11)22(26)27)7-19-20-15(23)8-21-12-3-1-2-4-14(12)28-9-16(21)24/h1-7,25H,8-9H2,(H,20,23)/b19-7-. The number of halogens is 1. The molecule has 0 aromatic heterocycles. The van der Waals surface area contributed by atoms with E-state index < -0.39 is 22.3 Å². The first-order valence-corrected chi connectivity index (χ1v) is 8.25. The van der Waals surface area contributed by atoms with Crippen molar-refractivity contribution in [3.63, 3.8) is 0 Å². The predicted molar refractivity (Wildman–Crippen MR) is 99.8 cm³/mol. The molecular formula is C17H13ClN4O6. The Bertz CT molecular complexity index is 994. The van der Waals surface area contributed by atoms with Crippen LogP contribution >= 0.6 is 11.6 Å². The summed E-state index contributed by atoms with van der Waals surface area (Å²) in [4.78, 5) is 35.5. The van der Waals surface area contributed by atoms with Gasteiger partial charge in [0.1, 0.15) is 12.3 Å². The number of benzene rings is 2. The highest BCUT2D eigenvalue weighted by Crippen LogP contribution is 2.32. The molecule has 144 valence electrons. The Morgan fingerprint density at radius 1 is 1.43 bits per heavy atom. The molecule has 2 N–H and O–H groups in total. The summed E-state index contributed by atoms with van der Waals surface area (Å²) in [5.41, 5.74) is 2.02. The molecule has 0 bridgehead atoms. The van der Waals surface area contributed by atoms with Gasteiger partial charge in [-0.25, -0.2) is 5.43 Å². The summed E-state index contributed by atoms with van der Waals surface area (Å²) in [6.07, 6.45) is 1.02. The van der Waals surface area contributed by atoms with Crippen molar-refractivity contribution in [2.75, 3.05) is 18.1 Å². The van der Waals surface area contributed by atoms with Gasteiger partial charge in [-0.3, -0.25) is 24.6 Å². The number of carbonyl (C=O) groups is 2. The summed E-state index contributed by atoms with van der Waals surface area (Å²) in [6, 6.07) is 9.02. The maximum Gasteiger partial charge on any atom is 0.312 e. The van der Waals surface area contributed by atoms with Gasteiger partial charge in [-0.1, -0.05) is 23.7 Å². The number of fused-ring (bicyclic) bond motifs is 1. The average Bonchev–Trinajstić information content (AvgIpc) is 2.66. The molecule has 3 rings (SSSR count). The first-order valence-electron chi connectivity index (χ1n) is 7.88. The zero-order valence-electron chi connectivity index (χ0n) is 14.2. The van der Waals surface area contributed by atoms with Crippen LogP contribution < -0.4 is 15.1 Å². The molecule has 28 heavy (non-hydrogen) atoms. The Morgan fingerprint density at radius 2 is 2.18 bits per heavy atom. The van der Waals surface area contributed by atoms with Crippen molar-refractivity contribution >= 4 is 41.0 Å². The third-order valence-electron chi connectivity index (χ3n) is 3.78. The van der Waals surface area contributed by atoms with Crippen molar-refractivity contribution in [1.29, 1.82) is 0 Å². The molecular weight excluding hydrogens is 392 g/mol. The zero-order chi connectivity index (χ0) is 20.3. The molecule has 10 nitrogen and oxygen atoms in total. The molecule has 2 aromatic carbocycles. The van der Waals surface area contributed by atoms with Gasteiger partial charge in [-0.15, -0.1) is 0 Å². The number of nitrogens with zero attached hydrogens (tertiary/aromatic N) is 3. The number of hydrazone groups is 1. The number of anilines is 1. The van der Waals surface area contributed by atoms with Gasteiger partial charge in [0.2, 0.25) is 5.75 Å². The van der Waals surface area contributed by atoms with Crippen LogP contribution in [0.15, 0.2) is 41.5 Å². The number of hydrogen-bond acceptors (Lipinski definition) is 7. The van der Waals surface area contributed by atoms with Gasteiger partial charge in [-0.05, 0) is 18.2 Å². The fraction of sp³-hybridized carbons (Fsp3) is 0.118. The number of carbonyl (C=O) groups excluding carboxylic acids is 2. The maximum absolute atomic E-state index is 12.1. The first kappa shape index (κ1) is 19.1. The average molecular weight is 405 g/mol. The number of aromatic hydroxyl groups is 1. The third kappa shape index (κ3) is 4.01. The highest BCUT2D eigenvalue weighted by Gasteiger charge is 2.26. The molecule has 0 fully saturated rings. The van der Waals surface area contributed by atoms with Gasteiger partial charge < -0.3 is 9.84 Å². The summed E-state index contributed by atoms with van der Waals surface area (Å²) in [5.74, 6) is -1.16. The number of ether oxygens (including phenoxy) is 1. The lowest BCUT2D eigenvalue weighted by Crippen LogP contribution is -2.44. The second kappa shape index (κ2) is 7.92. The van der Waals surface area contributed by atoms with Crippen LogP contribution in [0.5, 0.6) is 11.5 Å². The number of para-hydroxylation sites is 2. The van der Waals surface area contributed by atoms with Crippen molar-refractivity contribution < 1.29 is 24.4 Å². The number of amides is 2. The number of nitrogens with one attached hydrogen (secondary N) is 1. The summed E-state index contributed by atoms with van der Waals surface area (Å²) in [6.45, 7) is -0.494. The van der Waals surface area contributed by atoms with Gasteiger partial charge in [-0.2, -0.15) is 5.10 Å². The summed E-state index contributed by atoms with van der Waals surface area (Å²) < 4.78 is 5.29. The van der Waals surface area contributed by atoms with E-state index in [1.165, 1.54) is 11.0 Å². The Hall–Kier alpha value is -3.66. The highest BCUT2D eigenvalue weighted by molar-refractivity contribution is 6.31. The molecule has 0 unspecified atom stereocenters. The topological polar surface area (TPSA) is 134 Å². The predicted octanol–water partition coefficient (Wildman–Crippen LogP) is 1.83. The number of nitro benzene ring substituents is 1. The smallest absolute Gasteiger partial charge is 0.312 e. The van der Waals surface area contributed by atoms with Gasteiger partial charge in [0.25, 0.3) is 11.8 Å². The monoisotopic (exact) mass is 404 g/mol. The van der Waals surface area contributed by atoms with Crippen molar-refractivity contribution in [1.82, 2.24) is 5.43 Å². The van der Waals surface area contributed by atoms with Crippen LogP contribution in [-0.4, -0.2) is 41.2 Å². The summed E-state index contributed by atoms with van der Waals surface area (Å²) >= 11 is 5.78. The van der Waals surface area contributed by atoms with Crippen molar-refractivity contribution in [3.05, 3.63) is 57.1 Å². The van der Waals surface area contributed by atoms with E-state index >= 15 is 0 Å². The van der Waals surface area contributed by atoms with E-state index in [4.69, 9.17) is 16.3 Å². The minimum absolute atomic E-state index is 0.0211. The Labute approximate surface area is 163 Å². The lowest BCUT2D eigenvalue weighted by Gasteiger charge is -2.28. The molecule has 0 radical (unpaired) electrons. The second-order valence-corrected chi connectivity index (χ2v) is 6.09. The molecule has 2 amide bonds. The minimum Gasteiger partial charge on any atom is -0.502 e. The zero-order valence-corrected chi connectivity index (χ0v) is 14.9. The molecule has 11 heteroatoms.